The maximum absolute atomic E-state index is 6.12. The zero-order valence-electron chi connectivity index (χ0n) is 13.1. The van der Waals surface area contributed by atoms with Gasteiger partial charge in [-0.05, 0) is 18.8 Å². The van der Waals surface area contributed by atoms with Crippen LogP contribution in [0, 0.1) is 5.92 Å². The van der Waals surface area contributed by atoms with Crippen LogP contribution in [0.5, 0.6) is 0 Å². The summed E-state index contributed by atoms with van der Waals surface area (Å²) < 4.78 is 4.27. The van der Waals surface area contributed by atoms with Gasteiger partial charge in [0.05, 0.1) is 11.6 Å². The molecule has 0 atom stereocenters. The molecule has 0 aliphatic heterocycles. The number of rotatable bonds is 5. The van der Waals surface area contributed by atoms with E-state index in [2.05, 4.69) is 16.6 Å². The van der Waals surface area contributed by atoms with Gasteiger partial charge in [0.1, 0.15) is 11.3 Å². The highest BCUT2D eigenvalue weighted by molar-refractivity contribution is 6.16. The predicted octanol–water partition coefficient (Wildman–Crippen LogP) is 4.04. The summed E-state index contributed by atoms with van der Waals surface area (Å²) in [4.78, 5) is 4.73. The van der Waals surface area contributed by atoms with Gasteiger partial charge in [0, 0.05) is 13.6 Å². The van der Waals surface area contributed by atoms with Gasteiger partial charge < -0.3 is 4.57 Å². The molecule has 1 aliphatic rings. The van der Waals surface area contributed by atoms with Gasteiger partial charge in [0.25, 0.3) is 0 Å². The number of imidazole rings is 1. The van der Waals surface area contributed by atoms with E-state index in [1.165, 1.54) is 38.5 Å². The van der Waals surface area contributed by atoms with Crippen LogP contribution >= 0.6 is 11.6 Å². The minimum Gasteiger partial charge on any atom is -0.312 e. The van der Waals surface area contributed by atoms with Crippen molar-refractivity contribution in [3.63, 3.8) is 0 Å². The van der Waals surface area contributed by atoms with Gasteiger partial charge in [-0.1, -0.05) is 39.0 Å². The number of hydrogen-bond donors (Lipinski definition) is 0. The fourth-order valence-electron chi connectivity index (χ4n) is 3.65. The molecule has 21 heavy (non-hydrogen) atoms. The Balaban J connectivity index is 1.87. The number of halogens is 1. The SMILES string of the molecule is CCc1nn(C)c2c1nc(CCl)n2CCC1CCCCC1. The van der Waals surface area contributed by atoms with Crippen molar-refractivity contribution in [2.75, 3.05) is 0 Å². The second-order valence-corrected chi connectivity index (χ2v) is 6.47. The molecule has 0 N–H and O–H groups in total. The molecule has 0 aromatic carbocycles. The molecule has 2 aromatic heterocycles. The summed E-state index contributed by atoms with van der Waals surface area (Å²) in [6.07, 6.45) is 9.15. The van der Waals surface area contributed by atoms with Gasteiger partial charge in [-0.3, -0.25) is 4.68 Å². The summed E-state index contributed by atoms with van der Waals surface area (Å²) in [5, 5.41) is 4.59. The minimum absolute atomic E-state index is 0.475. The normalized spacial score (nSPS) is 16.9. The summed E-state index contributed by atoms with van der Waals surface area (Å²) in [6.45, 7) is 3.15. The van der Waals surface area contributed by atoms with E-state index >= 15 is 0 Å². The quantitative estimate of drug-likeness (QED) is 0.781. The second-order valence-electron chi connectivity index (χ2n) is 6.20. The average Bonchev–Trinajstić information content (AvgIpc) is 3.03. The lowest BCUT2D eigenvalue weighted by molar-refractivity contribution is 0.323. The van der Waals surface area contributed by atoms with Crippen molar-refractivity contribution in [2.45, 2.75) is 64.3 Å². The van der Waals surface area contributed by atoms with Gasteiger partial charge in [-0.15, -0.1) is 11.6 Å². The summed E-state index contributed by atoms with van der Waals surface area (Å²) >= 11 is 6.12. The molecule has 0 radical (unpaired) electrons. The van der Waals surface area contributed by atoms with Crippen LogP contribution in [0.25, 0.3) is 11.2 Å². The zero-order chi connectivity index (χ0) is 14.8. The number of hydrogen-bond acceptors (Lipinski definition) is 2. The number of aryl methyl sites for hydroxylation is 3. The van der Waals surface area contributed by atoms with E-state index in [1.807, 2.05) is 11.7 Å². The van der Waals surface area contributed by atoms with E-state index in [-0.39, 0.29) is 0 Å². The molecule has 0 unspecified atom stereocenters. The standard InChI is InChI=1S/C16H25ClN4/c1-3-13-15-16(20(2)19-13)21(14(11-17)18-15)10-9-12-7-5-4-6-8-12/h12H,3-11H2,1-2H3. The van der Waals surface area contributed by atoms with Crippen molar-refractivity contribution in [3.8, 4) is 0 Å². The van der Waals surface area contributed by atoms with Crippen LogP contribution in [0.2, 0.25) is 0 Å². The first-order chi connectivity index (χ1) is 10.2. The maximum atomic E-state index is 6.12. The van der Waals surface area contributed by atoms with E-state index in [9.17, 15) is 0 Å². The van der Waals surface area contributed by atoms with E-state index < -0.39 is 0 Å². The fourth-order valence-corrected chi connectivity index (χ4v) is 3.85. The van der Waals surface area contributed by atoms with E-state index in [0.717, 1.165) is 41.6 Å². The molecule has 2 heterocycles. The molecule has 0 amide bonds. The molecule has 1 aliphatic carbocycles. The van der Waals surface area contributed by atoms with Crippen LogP contribution in [0.1, 0.15) is 57.0 Å². The van der Waals surface area contributed by atoms with Crippen molar-refractivity contribution < 1.29 is 0 Å². The Morgan fingerprint density at radius 1 is 1.24 bits per heavy atom. The third-order valence-corrected chi connectivity index (χ3v) is 5.05. The topological polar surface area (TPSA) is 35.6 Å². The smallest absolute Gasteiger partial charge is 0.158 e. The Kier molecular flexibility index (Phi) is 4.53. The molecular weight excluding hydrogens is 284 g/mol. The molecule has 0 spiro atoms. The first-order valence-corrected chi connectivity index (χ1v) is 8.75. The second kappa shape index (κ2) is 6.39. The van der Waals surface area contributed by atoms with Crippen LogP contribution in [-0.2, 0) is 25.9 Å². The highest BCUT2D eigenvalue weighted by Crippen LogP contribution is 2.28. The van der Waals surface area contributed by atoms with E-state index in [0.29, 0.717) is 5.88 Å². The summed E-state index contributed by atoms with van der Waals surface area (Å²) in [5.74, 6) is 2.34. The van der Waals surface area contributed by atoms with E-state index in [1.54, 1.807) is 0 Å². The van der Waals surface area contributed by atoms with Crippen LogP contribution in [0.15, 0.2) is 0 Å². The molecule has 1 fully saturated rings. The molecular formula is C16H25ClN4. The molecule has 1 saturated carbocycles. The fraction of sp³-hybridized carbons (Fsp3) is 0.750. The lowest BCUT2D eigenvalue weighted by Gasteiger charge is -2.22. The van der Waals surface area contributed by atoms with Gasteiger partial charge in [0.15, 0.2) is 5.65 Å². The number of aromatic nitrogens is 4. The van der Waals surface area contributed by atoms with Crippen LogP contribution in [0.3, 0.4) is 0 Å². The molecule has 0 saturated heterocycles. The molecule has 3 rings (SSSR count). The largest absolute Gasteiger partial charge is 0.312 e. The lowest BCUT2D eigenvalue weighted by atomic mass is 9.87. The highest BCUT2D eigenvalue weighted by Gasteiger charge is 2.19. The van der Waals surface area contributed by atoms with Crippen molar-refractivity contribution in [3.05, 3.63) is 11.5 Å². The molecule has 4 nitrogen and oxygen atoms in total. The van der Waals surface area contributed by atoms with E-state index in [4.69, 9.17) is 16.6 Å². The van der Waals surface area contributed by atoms with Gasteiger partial charge in [-0.2, -0.15) is 5.10 Å². The Morgan fingerprint density at radius 3 is 2.67 bits per heavy atom. The first-order valence-electron chi connectivity index (χ1n) is 8.21. The predicted molar refractivity (Wildman–Crippen MR) is 86.6 cm³/mol. The monoisotopic (exact) mass is 308 g/mol. The van der Waals surface area contributed by atoms with Gasteiger partial charge >= 0.3 is 0 Å². The summed E-state index contributed by atoms with van der Waals surface area (Å²) in [5.41, 5.74) is 3.26. The van der Waals surface area contributed by atoms with Crippen molar-refractivity contribution >= 4 is 22.8 Å². The minimum atomic E-state index is 0.475. The maximum Gasteiger partial charge on any atom is 0.158 e. The van der Waals surface area contributed by atoms with Crippen molar-refractivity contribution in [1.29, 1.82) is 0 Å². The Labute approximate surface area is 131 Å². The summed E-state index contributed by atoms with van der Waals surface area (Å²) in [6, 6.07) is 0. The van der Waals surface area contributed by atoms with Crippen molar-refractivity contribution in [2.24, 2.45) is 13.0 Å². The van der Waals surface area contributed by atoms with Crippen molar-refractivity contribution in [1.82, 2.24) is 19.3 Å². The Bertz CT molecular complexity index is 607. The van der Waals surface area contributed by atoms with Crippen LogP contribution in [-0.4, -0.2) is 19.3 Å². The third-order valence-electron chi connectivity index (χ3n) is 4.81. The molecule has 116 valence electrons. The number of nitrogens with zero attached hydrogens (tertiary/aromatic N) is 4. The zero-order valence-corrected chi connectivity index (χ0v) is 13.9. The van der Waals surface area contributed by atoms with Crippen LogP contribution < -0.4 is 0 Å². The number of alkyl halides is 1. The Hall–Kier alpha value is -1.03. The number of fused-ring (bicyclic) bond motifs is 1. The highest BCUT2D eigenvalue weighted by atomic mass is 35.5. The van der Waals surface area contributed by atoms with Gasteiger partial charge in [-0.25, -0.2) is 4.98 Å². The third kappa shape index (κ3) is 2.83. The first kappa shape index (κ1) is 14.9. The Morgan fingerprint density at radius 2 is 2.00 bits per heavy atom. The lowest BCUT2D eigenvalue weighted by Crippen LogP contribution is -2.12. The molecule has 5 heteroatoms. The van der Waals surface area contributed by atoms with Crippen LogP contribution in [0.4, 0.5) is 0 Å². The average molecular weight is 309 g/mol. The molecule has 2 aromatic rings. The summed E-state index contributed by atoms with van der Waals surface area (Å²) in [7, 11) is 2.01. The van der Waals surface area contributed by atoms with Gasteiger partial charge in [0.2, 0.25) is 0 Å². The molecule has 0 bridgehead atoms.